The van der Waals surface area contributed by atoms with Crippen LogP contribution in [0, 0.1) is 0 Å². The van der Waals surface area contributed by atoms with E-state index in [4.69, 9.17) is 11.6 Å². The average Bonchev–Trinajstić information content (AvgIpc) is 2.67. The van der Waals surface area contributed by atoms with Crippen LogP contribution in [0.15, 0.2) is 42.5 Å². The number of hydrogen-bond donors (Lipinski definition) is 1. The molecular weight excluding hydrogens is 206 g/mol. The molecule has 0 saturated heterocycles. The summed E-state index contributed by atoms with van der Waals surface area (Å²) in [5.41, 5.74) is 3.49. The Balaban J connectivity index is 2.53. The molecule has 3 aromatic rings. The Morgan fingerprint density at radius 1 is 0.933 bits per heavy atom. The zero-order valence-electron chi connectivity index (χ0n) is 8.13. The van der Waals surface area contributed by atoms with Gasteiger partial charge in [-0.05, 0) is 11.6 Å². The van der Waals surface area contributed by atoms with Gasteiger partial charge >= 0.3 is 0 Å². The van der Waals surface area contributed by atoms with Gasteiger partial charge in [-0.2, -0.15) is 0 Å². The first-order valence-corrected chi connectivity index (χ1v) is 5.48. The standard InChI is InChI=1S/C13H10ClN/c14-8-9-4-3-6-11-10-5-1-2-7-12(10)15-13(9)11/h1-7,15H,8H2. The molecule has 1 N–H and O–H groups in total. The van der Waals surface area contributed by atoms with Gasteiger partial charge in [-0.1, -0.05) is 36.4 Å². The Bertz CT molecular complexity index is 625. The molecule has 2 aromatic carbocycles. The van der Waals surface area contributed by atoms with Crippen molar-refractivity contribution in [1.29, 1.82) is 0 Å². The van der Waals surface area contributed by atoms with E-state index in [2.05, 4.69) is 41.4 Å². The van der Waals surface area contributed by atoms with Crippen molar-refractivity contribution in [3.05, 3.63) is 48.0 Å². The number of nitrogens with one attached hydrogen (secondary N) is 1. The lowest BCUT2D eigenvalue weighted by Crippen LogP contribution is -1.79. The molecule has 3 rings (SSSR count). The van der Waals surface area contributed by atoms with Crippen molar-refractivity contribution in [2.75, 3.05) is 0 Å². The highest BCUT2D eigenvalue weighted by atomic mass is 35.5. The summed E-state index contributed by atoms with van der Waals surface area (Å²) in [6.07, 6.45) is 0. The molecule has 0 fully saturated rings. The number of aromatic nitrogens is 1. The summed E-state index contributed by atoms with van der Waals surface area (Å²) in [5, 5.41) is 2.52. The minimum atomic E-state index is 0.546. The molecule has 0 aliphatic rings. The maximum Gasteiger partial charge on any atom is 0.0509 e. The van der Waals surface area contributed by atoms with E-state index in [1.807, 2.05) is 6.07 Å². The van der Waals surface area contributed by atoms with Gasteiger partial charge in [0.15, 0.2) is 0 Å². The second-order valence-electron chi connectivity index (χ2n) is 3.64. The van der Waals surface area contributed by atoms with Crippen molar-refractivity contribution in [2.45, 2.75) is 5.88 Å². The fraction of sp³-hybridized carbons (Fsp3) is 0.0769. The summed E-state index contributed by atoms with van der Waals surface area (Å²) < 4.78 is 0. The van der Waals surface area contributed by atoms with Crippen molar-refractivity contribution in [3.8, 4) is 0 Å². The van der Waals surface area contributed by atoms with Gasteiger partial charge in [-0.15, -0.1) is 11.6 Å². The Hall–Kier alpha value is -1.47. The molecule has 0 unspecified atom stereocenters. The Morgan fingerprint density at radius 2 is 1.73 bits per heavy atom. The second kappa shape index (κ2) is 3.28. The van der Waals surface area contributed by atoms with Crippen LogP contribution in [-0.4, -0.2) is 4.98 Å². The second-order valence-corrected chi connectivity index (χ2v) is 3.91. The number of rotatable bonds is 1. The predicted molar refractivity (Wildman–Crippen MR) is 65.4 cm³/mol. The van der Waals surface area contributed by atoms with Gasteiger partial charge in [-0.25, -0.2) is 0 Å². The maximum atomic E-state index is 5.91. The van der Waals surface area contributed by atoms with Crippen molar-refractivity contribution in [3.63, 3.8) is 0 Å². The van der Waals surface area contributed by atoms with Crippen LogP contribution in [0.1, 0.15) is 5.56 Å². The van der Waals surface area contributed by atoms with Crippen LogP contribution in [-0.2, 0) is 5.88 Å². The van der Waals surface area contributed by atoms with Crippen molar-refractivity contribution >= 4 is 33.4 Å². The zero-order valence-corrected chi connectivity index (χ0v) is 8.88. The third-order valence-electron chi connectivity index (χ3n) is 2.77. The minimum absolute atomic E-state index is 0.546. The highest BCUT2D eigenvalue weighted by Gasteiger charge is 2.05. The molecule has 15 heavy (non-hydrogen) atoms. The molecule has 0 spiro atoms. The van der Waals surface area contributed by atoms with Crippen LogP contribution in [0.5, 0.6) is 0 Å². The van der Waals surface area contributed by atoms with E-state index in [-0.39, 0.29) is 0 Å². The molecule has 0 saturated carbocycles. The Labute approximate surface area is 92.7 Å². The number of aromatic amines is 1. The number of halogens is 1. The maximum absolute atomic E-state index is 5.91. The molecule has 0 radical (unpaired) electrons. The Kier molecular flexibility index (Phi) is 1.93. The van der Waals surface area contributed by atoms with E-state index in [1.54, 1.807) is 0 Å². The van der Waals surface area contributed by atoms with Crippen molar-refractivity contribution in [1.82, 2.24) is 4.98 Å². The van der Waals surface area contributed by atoms with Crippen molar-refractivity contribution < 1.29 is 0 Å². The smallest absolute Gasteiger partial charge is 0.0509 e. The van der Waals surface area contributed by atoms with E-state index in [1.165, 1.54) is 16.3 Å². The molecule has 1 aromatic heterocycles. The van der Waals surface area contributed by atoms with Crippen LogP contribution in [0.4, 0.5) is 0 Å². The van der Waals surface area contributed by atoms with Crippen LogP contribution in [0.25, 0.3) is 21.8 Å². The van der Waals surface area contributed by atoms with Crippen LogP contribution < -0.4 is 0 Å². The first kappa shape index (κ1) is 8.81. The van der Waals surface area contributed by atoms with E-state index < -0.39 is 0 Å². The molecule has 0 aliphatic heterocycles. The molecule has 74 valence electrons. The molecular formula is C13H10ClN. The van der Waals surface area contributed by atoms with E-state index in [9.17, 15) is 0 Å². The Morgan fingerprint density at radius 3 is 2.60 bits per heavy atom. The monoisotopic (exact) mass is 215 g/mol. The van der Waals surface area contributed by atoms with E-state index >= 15 is 0 Å². The molecule has 0 aliphatic carbocycles. The van der Waals surface area contributed by atoms with Gasteiger partial charge in [0.1, 0.15) is 0 Å². The first-order chi connectivity index (χ1) is 7.40. The topological polar surface area (TPSA) is 15.8 Å². The summed E-state index contributed by atoms with van der Waals surface area (Å²) in [6.45, 7) is 0. The number of alkyl halides is 1. The van der Waals surface area contributed by atoms with Gasteiger partial charge in [0.25, 0.3) is 0 Å². The number of H-pyrrole nitrogens is 1. The van der Waals surface area contributed by atoms with Gasteiger partial charge < -0.3 is 4.98 Å². The normalized spacial score (nSPS) is 11.3. The summed E-state index contributed by atoms with van der Waals surface area (Å²) in [4.78, 5) is 3.41. The molecule has 0 atom stereocenters. The van der Waals surface area contributed by atoms with Gasteiger partial charge in [-0.3, -0.25) is 0 Å². The highest BCUT2D eigenvalue weighted by molar-refractivity contribution is 6.18. The van der Waals surface area contributed by atoms with Crippen LogP contribution in [0.3, 0.4) is 0 Å². The SMILES string of the molecule is ClCc1cccc2c1[nH]c1ccccc12. The van der Waals surface area contributed by atoms with E-state index in [0.29, 0.717) is 5.88 Å². The lowest BCUT2D eigenvalue weighted by molar-refractivity contribution is 1.40. The summed E-state index contributed by atoms with van der Waals surface area (Å²) in [5.74, 6) is 0.546. The average molecular weight is 216 g/mol. The zero-order chi connectivity index (χ0) is 10.3. The predicted octanol–water partition coefficient (Wildman–Crippen LogP) is 4.06. The molecule has 0 amide bonds. The van der Waals surface area contributed by atoms with E-state index in [0.717, 1.165) is 11.1 Å². The lowest BCUT2D eigenvalue weighted by Gasteiger charge is -1.96. The van der Waals surface area contributed by atoms with Crippen molar-refractivity contribution in [2.24, 2.45) is 0 Å². The molecule has 2 heteroatoms. The summed E-state index contributed by atoms with van der Waals surface area (Å²) in [7, 11) is 0. The number of benzene rings is 2. The summed E-state index contributed by atoms with van der Waals surface area (Å²) in [6, 6.07) is 14.6. The highest BCUT2D eigenvalue weighted by Crippen LogP contribution is 2.27. The quantitative estimate of drug-likeness (QED) is 0.590. The third-order valence-corrected chi connectivity index (χ3v) is 3.06. The molecule has 1 nitrogen and oxygen atoms in total. The lowest BCUT2D eigenvalue weighted by atomic mass is 10.1. The number of hydrogen-bond acceptors (Lipinski definition) is 0. The third kappa shape index (κ3) is 1.24. The molecule has 1 heterocycles. The molecule has 0 bridgehead atoms. The fourth-order valence-electron chi connectivity index (χ4n) is 2.05. The first-order valence-electron chi connectivity index (χ1n) is 4.94. The van der Waals surface area contributed by atoms with Crippen LogP contribution >= 0.6 is 11.6 Å². The number of para-hydroxylation sites is 2. The largest absolute Gasteiger partial charge is 0.354 e. The van der Waals surface area contributed by atoms with Crippen LogP contribution in [0.2, 0.25) is 0 Å². The fourth-order valence-corrected chi connectivity index (χ4v) is 2.27. The van der Waals surface area contributed by atoms with Gasteiger partial charge in [0, 0.05) is 22.2 Å². The minimum Gasteiger partial charge on any atom is -0.354 e. The van der Waals surface area contributed by atoms with Gasteiger partial charge in [0.05, 0.1) is 5.52 Å². The summed E-state index contributed by atoms with van der Waals surface area (Å²) >= 11 is 5.91. The van der Waals surface area contributed by atoms with Gasteiger partial charge in [0.2, 0.25) is 0 Å². The number of fused-ring (bicyclic) bond motifs is 3.